The van der Waals surface area contributed by atoms with Gasteiger partial charge >= 0.3 is 6.01 Å². The Morgan fingerprint density at radius 2 is 2.05 bits per heavy atom. The average molecular weight is 278 g/mol. The van der Waals surface area contributed by atoms with Crippen LogP contribution in [0.1, 0.15) is 23.4 Å². The molecule has 0 bridgehead atoms. The van der Waals surface area contributed by atoms with E-state index in [1.165, 1.54) is 11.1 Å². The van der Waals surface area contributed by atoms with Crippen LogP contribution in [0.15, 0.2) is 28.7 Å². The molecule has 1 aliphatic heterocycles. The Labute approximate surface area is 117 Å². The van der Waals surface area contributed by atoms with Gasteiger partial charge in [0.25, 0.3) is 0 Å². The highest BCUT2D eigenvalue weighted by atomic mass is 35.5. The molecule has 0 saturated carbocycles. The van der Waals surface area contributed by atoms with Crippen molar-refractivity contribution in [2.45, 2.75) is 25.8 Å². The highest BCUT2D eigenvalue weighted by Gasteiger charge is 2.18. The minimum Gasteiger partial charge on any atom is -0.408 e. The van der Waals surface area contributed by atoms with E-state index < -0.39 is 0 Å². The van der Waals surface area contributed by atoms with Gasteiger partial charge in [0, 0.05) is 25.4 Å². The Kier molecular flexibility index (Phi) is 3.69. The molecule has 1 aromatic carbocycles. The van der Waals surface area contributed by atoms with Crippen molar-refractivity contribution in [3.63, 3.8) is 0 Å². The SMILES string of the molecule is ClCCc1nnc(N2CCCc3ccccc3C2)o1. The summed E-state index contributed by atoms with van der Waals surface area (Å²) in [4.78, 5) is 2.15. The number of aryl methyl sites for hydroxylation is 2. The molecule has 1 aliphatic rings. The van der Waals surface area contributed by atoms with Crippen LogP contribution in [0, 0.1) is 0 Å². The van der Waals surface area contributed by atoms with Crippen LogP contribution < -0.4 is 4.90 Å². The van der Waals surface area contributed by atoms with E-state index in [0.717, 1.165) is 25.9 Å². The van der Waals surface area contributed by atoms with Crippen LogP contribution in [-0.2, 0) is 19.4 Å². The van der Waals surface area contributed by atoms with Crippen LogP contribution in [-0.4, -0.2) is 22.6 Å². The molecule has 100 valence electrons. The molecule has 0 unspecified atom stereocenters. The molecule has 4 nitrogen and oxygen atoms in total. The molecule has 0 radical (unpaired) electrons. The van der Waals surface area contributed by atoms with Gasteiger partial charge in [-0.2, -0.15) is 0 Å². The molecule has 0 spiro atoms. The van der Waals surface area contributed by atoms with Crippen LogP contribution >= 0.6 is 11.6 Å². The van der Waals surface area contributed by atoms with E-state index in [9.17, 15) is 0 Å². The van der Waals surface area contributed by atoms with Crippen LogP contribution in [0.25, 0.3) is 0 Å². The third kappa shape index (κ3) is 2.73. The number of halogens is 1. The first-order valence-corrected chi connectivity index (χ1v) is 7.10. The van der Waals surface area contributed by atoms with Crippen molar-refractivity contribution in [3.8, 4) is 0 Å². The van der Waals surface area contributed by atoms with Crippen molar-refractivity contribution in [1.29, 1.82) is 0 Å². The summed E-state index contributed by atoms with van der Waals surface area (Å²) < 4.78 is 5.65. The molecule has 3 rings (SSSR count). The largest absolute Gasteiger partial charge is 0.408 e. The molecule has 1 aromatic heterocycles. The van der Waals surface area contributed by atoms with Gasteiger partial charge in [-0.25, -0.2) is 0 Å². The van der Waals surface area contributed by atoms with E-state index in [4.69, 9.17) is 16.0 Å². The van der Waals surface area contributed by atoms with Crippen LogP contribution in [0.2, 0.25) is 0 Å². The average Bonchev–Trinajstić information content (AvgIpc) is 2.78. The van der Waals surface area contributed by atoms with E-state index in [-0.39, 0.29) is 0 Å². The summed E-state index contributed by atoms with van der Waals surface area (Å²) in [5.41, 5.74) is 2.77. The van der Waals surface area contributed by atoms with Gasteiger partial charge in [-0.3, -0.25) is 0 Å². The van der Waals surface area contributed by atoms with Gasteiger partial charge in [-0.05, 0) is 24.0 Å². The van der Waals surface area contributed by atoms with E-state index in [2.05, 4.69) is 39.4 Å². The first-order valence-electron chi connectivity index (χ1n) is 6.57. The van der Waals surface area contributed by atoms with Gasteiger partial charge in [-0.15, -0.1) is 16.7 Å². The van der Waals surface area contributed by atoms with Gasteiger partial charge in [0.1, 0.15) is 0 Å². The molecule has 5 heteroatoms. The Hall–Kier alpha value is -1.55. The molecule has 0 fully saturated rings. The van der Waals surface area contributed by atoms with Crippen molar-refractivity contribution in [1.82, 2.24) is 10.2 Å². The Bertz CT molecular complexity index is 555. The van der Waals surface area contributed by atoms with Crippen LogP contribution in [0.4, 0.5) is 6.01 Å². The van der Waals surface area contributed by atoms with Gasteiger partial charge in [0.2, 0.25) is 5.89 Å². The number of alkyl halides is 1. The second-order valence-corrected chi connectivity index (χ2v) is 5.09. The van der Waals surface area contributed by atoms with Gasteiger partial charge in [-0.1, -0.05) is 29.4 Å². The monoisotopic (exact) mass is 277 g/mol. The van der Waals surface area contributed by atoms with E-state index >= 15 is 0 Å². The Morgan fingerprint density at radius 1 is 1.21 bits per heavy atom. The van der Waals surface area contributed by atoms with Gasteiger partial charge in [0.15, 0.2) is 0 Å². The van der Waals surface area contributed by atoms with Gasteiger partial charge < -0.3 is 9.32 Å². The standard InChI is InChI=1S/C14H16ClN3O/c15-8-7-13-16-17-14(19-13)18-9-3-6-11-4-1-2-5-12(11)10-18/h1-2,4-5H,3,6-10H2. The molecule has 0 N–H and O–H groups in total. The maximum absolute atomic E-state index is 5.68. The highest BCUT2D eigenvalue weighted by Crippen LogP contribution is 2.23. The summed E-state index contributed by atoms with van der Waals surface area (Å²) in [6, 6.07) is 9.15. The zero-order valence-electron chi connectivity index (χ0n) is 10.7. The fraction of sp³-hybridized carbons (Fsp3) is 0.429. The zero-order chi connectivity index (χ0) is 13.1. The number of nitrogens with zero attached hydrogens (tertiary/aromatic N) is 3. The third-order valence-corrected chi connectivity index (χ3v) is 3.58. The number of aromatic nitrogens is 2. The van der Waals surface area contributed by atoms with Crippen molar-refractivity contribution in [2.24, 2.45) is 0 Å². The van der Waals surface area contributed by atoms with E-state index in [0.29, 0.717) is 24.2 Å². The molecule has 2 heterocycles. The summed E-state index contributed by atoms with van der Waals surface area (Å²) in [5.74, 6) is 1.12. The number of fused-ring (bicyclic) bond motifs is 1. The van der Waals surface area contributed by atoms with E-state index in [1.54, 1.807) is 0 Å². The van der Waals surface area contributed by atoms with Gasteiger partial charge in [0.05, 0.1) is 0 Å². The molecule has 2 aromatic rings. The lowest BCUT2D eigenvalue weighted by atomic mass is 10.0. The molecule has 0 atom stereocenters. The normalized spacial score (nSPS) is 15.1. The summed E-state index contributed by atoms with van der Waals surface area (Å²) in [5, 5.41) is 8.15. The summed E-state index contributed by atoms with van der Waals surface area (Å²) >= 11 is 5.68. The maximum atomic E-state index is 5.68. The quantitative estimate of drug-likeness (QED) is 0.809. The summed E-state index contributed by atoms with van der Waals surface area (Å²) in [7, 11) is 0. The summed E-state index contributed by atoms with van der Waals surface area (Å²) in [6.07, 6.45) is 2.83. The first kappa shape index (κ1) is 12.5. The smallest absolute Gasteiger partial charge is 0.318 e. The predicted octanol–water partition coefficient (Wildman–Crippen LogP) is 2.80. The molecular weight excluding hydrogens is 262 g/mol. The Balaban J connectivity index is 1.81. The van der Waals surface area contributed by atoms with E-state index in [1.807, 2.05) is 0 Å². The molecule has 0 saturated heterocycles. The lowest BCUT2D eigenvalue weighted by Gasteiger charge is -2.17. The number of anilines is 1. The van der Waals surface area contributed by atoms with Crippen molar-refractivity contribution in [2.75, 3.05) is 17.3 Å². The lowest BCUT2D eigenvalue weighted by Crippen LogP contribution is -2.22. The zero-order valence-corrected chi connectivity index (χ0v) is 11.4. The molecular formula is C14H16ClN3O. The van der Waals surface area contributed by atoms with Crippen molar-refractivity contribution >= 4 is 17.6 Å². The second-order valence-electron chi connectivity index (χ2n) is 4.71. The summed E-state index contributed by atoms with van der Waals surface area (Å²) in [6.45, 7) is 1.77. The molecule has 19 heavy (non-hydrogen) atoms. The Morgan fingerprint density at radius 3 is 2.89 bits per heavy atom. The maximum Gasteiger partial charge on any atom is 0.318 e. The number of benzene rings is 1. The number of hydrogen-bond donors (Lipinski definition) is 0. The fourth-order valence-electron chi connectivity index (χ4n) is 2.42. The van der Waals surface area contributed by atoms with Crippen LogP contribution in [0.3, 0.4) is 0 Å². The highest BCUT2D eigenvalue weighted by molar-refractivity contribution is 6.17. The van der Waals surface area contributed by atoms with Crippen LogP contribution in [0.5, 0.6) is 0 Å². The number of rotatable bonds is 3. The topological polar surface area (TPSA) is 42.2 Å². The third-order valence-electron chi connectivity index (χ3n) is 3.39. The number of hydrogen-bond acceptors (Lipinski definition) is 4. The van der Waals surface area contributed by atoms with Crippen molar-refractivity contribution < 1.29 is 4.42 Å². The second kappa shape index (κ2) is 5.61. The first-order chi connectivity index (χ1) is 9.36. The minimum atomic E-state index is 0.504. The van der Waals surface area contributed by atoms with Crippen molar-refractivity contribution in [3.05, 3.63) is 41.3 Å². The minimum absolute atomic E-state index is 0.504. The molecule has 0 aliphatic carbocycles. The lowest BCUT2D eigenvalue weighted by molar-refractivity contribution is 0.487. The predicted molar refractivity (Wildman–Crippen MR) is 74.5 cm³/mol. The fourth-order valence-corrected chi connectivity index (χ4v) is 2.58. The molecule has 0 amide bonds.